The first-order chi connectivity index (χ1) is 16.8. The second-order valence-electron chi connectivity index (χ2n) is 8.76. The Morgan fingerprint density at radius 1 is 1.03 bits per heavy atom. The van der Waals surface area contributed by atoms with Crippen molar-refractivity contribution in [2.45, 2.75) is 38.3 Å². The van der Waals surface area contributed by atoms with Gasteiger partial charge in [0.2, 0.25) is 5.91 Å². The molecule has 0 radical (unpaired) electrons. The highest BCUT2D eigenvalue weighted by Gasteiger charge is 2.31. The van der Waals surface area contributed by atoms with Gasteiger partial charge in [0.15, 0.2) is 0 Å². The SMILES string of the molecule is CC(C)[C@@H](NC(=O)C(Cc1cncs1)NC(=O)OCC1c2ccccc2-c2ccccc21)C(=O)O. The van der Waals surface area contributed by atoms with Crippen LogP contribution in [0.5, 0.6) is 0 Å². The molecule has 2 atom stereocenters. The molecule has 2 amide bonds. The summed E-state index contributed by atoms with van der Waals surface area (Å²) in [6.07, 6.45) is 1.04. The Labute approximate surface area is 207 Å². The van der Waals surface area contributed by atoms with Gasteiger partial charge in [-0.15, -0.1) is 11.3 Å². The van der Waals surface area contributed by atoms with Gasteiger partial charge in [0.25, 0.3) is 0 Å². The van der Waals surface area contributed by atoms with Crippen LogP contribution in [0.25, 0.3) is 11.1 Å². The van der Waals surface area contributed by atoms with Crippen LogP contribution in [0.1, 0.15) is 35.8 Å². The first-order valence-corrected chi connectivity index (χ1v) is 12.2. The molecule has 3 aromatic rings. The zero-order valence-corrected chi connectivity index (χ0v) is 20.2. The van der Waals surface area contributed by atoms with Crippen LogP contribution in [0.3, 0.4) is 0 Å². The number of benzene rings is 2. The minimum atomic E-state index is -1.13. The van der Waals surface area contributed by atoms with E-state index in [-0.39, 0.29) is 24.9 Å². The Kier molecular flexibility index (Phi) is 7.45. The van der Waals surface area contributed by atoms with Crippen molar-refractivity contribution < 1.29 is 24.2 Å². The zero-order valence-electron chi connectivity index (χ0n) is 19.4. The van der Waals surface area contributed by atoms with Crippen molar-refractivity contribution in [3.8, 4) is 11.1 Å². The van der Waals surface area contributed by atoms with Crippen LogP contribution in [-0.2, 0) is 20.7 Å². The summed E-state index contributed by atoms with van der Waals surface area (Å²) in [5, 5.41) is 14.6. The largest absolute Gasteiger partial charge is 0.480 e. The molecule has 2 aromatic carbocycles. The Morgan fingerprint density at radius 3 is 2.20 bits per heavy atom. The number of carboxylic acid groups (broad SMARTS) is 1. The molecule has 0 aliphatic heterocycles. The van der Waals surface area contributed by atoms with Crippen molar-refractivity contribution in [1.82, 2.24) is 15.6 Å². The standard InChI is InChI=1S/C26H27N3O5S/c1-15(2)23(25(31)32)29-24(30)22(11-16-12-27-14-35-16)28-26(33)34-13-21-19-9-5-3-7-17(19)18-8-4-6-10-20(18)21/h3-10,12,14-15,21-23H,11,13H2,1-2H3,(H,28,33)(H,29,30)(H,31,32)/t22?,23-/m1/s1. The molecule has 1 aromatic heterocycles. The van der Waals surface area contributed by atoms with Gasteiger partial charge in [-0.3, -0.25) is 9.78 Å². The monoisotopic (exact) mass is 493 g/mol. The van der Waals surface area contributed by atoms with E-state index in [2.05, 4.69) is 27.8 Å². The van der Waals surface area contributed by atoms with Crippen LogP contribution in [0.15, 0.2) is 60.2 Å². The zero-order chi connectivity index (χ0) is 24.9. The second kappa shape index (κ2) is 10.7. The van der Waals surface area contributed by atoms with Crippen molar-refractivity contribution in [2.24, 2.45) is 5.92 Å². The van der Waals surface area contributed by atoms with Crippen LogP contribution in [0, 0.1) is 5.92 Å². The van der Waals surface area contributed by atoms with Crippen molar-refractivity contribution in [3.05, 3.63) is 76.2 Å². The first-order valence-electron chi connectivity index (χ1n) is 11.4. The summed E-state index contributed by atoms with van der Waals surface area (Å²) in [5.74, 6) is -2.16. The summed E-state index contributed by atoms with van der Waals surface area (Å²) in [7, 11) is 0. The van der Waals surface area contributed by atoms with Gasteiger partial charge in [0.05, 0.1) is 5.51 Å². The fraction of sp³-hybridized carbons (Fsp3) is 0.308. The van der Waals surface area contributed by atoms with E-state index in [1.807, 2.05) is 36.4 Å². The van der Waals surface area contributed by atoms with E-state index in [9.17, 15) is 19.5 Å². The maximum atomic E-state index is 13.0. The number of carboxylic acids is 1. The maximum absolute atomic E-state index is 13.0. The second-order valence-corrected chi connectivity index (χ2v) is 9.73. The number of fused-ring (bicyclic) bond motifs is 3. The molecule has 9 heteroatoms. The molecule has 1 aliphatic rings. The summed E-state index contributed by atoms with van der Waals surface area (Å²) in [6.45, 7) is 3.52. The number of nitrogens with one attached hydrogen (secondary N) is 2. The third-order valence-electron chi connectivity index (χ3n) is 6.07. The maximum Gasteiger partial charge on any atom is 0.407 e. The molecule has 0 spiro atoms. The number of carbonyl (C=O) groups excluding carboxylic acids is 2. The van der Waals surface area contributed by atoms with Crippen LogP contribution < -0.4 is 10.6 Å². The molecular formula is C26H27N3O5S. The number of aromatic nitrogens is 1. The summed E-state index contributed by atoms with van der Waals surface area (Å²) >= 11 is 1.35. The van der Waals surface area contributed by atoms with Gasteiger partial charge in [0.1, 0.15) is 18.7 Å². The summed E-state index contributed by atoms with van der Waals surface area (Å²) in [6, 6.07) is 14.0. The Bertz CT molecular complexity index is 1170. The molecule has 0 saturated heterocycles. The molecule has 8 nitrogen and oxygen atoms in total. The molecule has 0 bridgehead atoms. The van der Waals surface area contributed by atoms with Gasteiger partial charge in [-0.1, -0.05) is 62.4 Å². The average molecular weight is 494 g/mol. The predicted molar refractivity (Wildman–Crippen MR) is 132 cm³/mol. The lowest BCUT2D eigenvalue weighted by Gasteiger charge is -2.23. The number of hydrogen-bond acceptors (Lipinski definition) is 6. The fourth-order valence-corrected chi connectivity index (χ4v) is 4.94. The van der Waals surface area contributed by atoms with Crippen molar-refractivity contribution in [2.75, 3.05) is 6.61 Å². The predicted octanol–water partition coefficient (Wildman–Crippen LogP) is 3.82. The van der Waals surface area contributed by atoms with Crippen LogP contribution in [0.2, 0.25) is 0 Å². The number of aliphatic carboxylic acids is 1. The normalized spacial score (nSPS) is 14.0. The summed E-state index contributed by atoms with van der Waals surface area (Å²) in [5.41, 5.74) is 6.04. The van der Waals surface area contributed by atoms with Crippen molar-refractivity contribution in [1.29, 1.82) is 0 Å². The highest BCUT2D eigenvalue weighted by molar-refractivity contribution is 7.09. The van der Waals surface area contributed by atoms with E-state index in [4.69, 9.17) is 4.74 Å². The number of amides is 2. The van der Waals surface area contributed by atoms with E-state index in [1.54, 1.807) is 25.6 Å². The molecule has 3 N–H and O–H groups in total. The smallest absolute Gasteiger partial charge is 0.407 e. The number of ether oxygens (including phenoxy) is 1. The molecule has 1 aliphatic carbocycles. The fourth-order valence-electron chi connectivity index (χ4n) is 4.30. The minimum Gasteiger partial charge on any atom is -0.480 e. The highest BCUT2D eigenvalue weighted by atomic mass is 32.1. The van der Waals surface area contributed by atoms with E-state index < -0.39 is 30.1 Å². The Morgan fingerprint density at radius 2 is 1.66 bits per heavy atom. The molecule has 1 heterocycles. The van der Waals surface area contributed by atoms with E-state index in [1.165, 1.54) is 11.3 Å². The van der Waals surface area contributed by atoms with Gasteiger partial charge < -0.3 is 20.5 Å². The molecule has 4 rings (SSSR count). The number of alkyl carbamates (subject to hydrolysis) is 1. The average Bonchev–Trinajstić information content (AvgIpc) is 3.46. The number of thiazole rings is 1. The van der Waals surface area contributed by atoms with E-state index >= 15 is 0 Å². The van der Waals surface area contributed by atoms with Crippen LogP contribution in [-0.4, -0.2) is 46.8 Å². The Hall–Kier alpha value is -3.72. The van der Waals surface area contributed by atoms with Crippen molar-refractivity contribution in [3.63, 3.8) is 0 Å². The summed E-state index contributed by atoms with van der Waals surface area (Å²) < 4.78 is 5.58. The topological polar surface area (TPSA) is 118 Å². The van der Waals surface area contributed by atoms with E-state index in [0.29, 0.717) is 0 Å². The van der Waals surface area contributed by atoms with Gasteiger partial charge in [0, 0.05) is 23.4 Å². The number of carbonyl (C=O) groups is 3. The molecule has 182 valence electrons. The van der Waals surface area contributed by atoms with Gasteiger partial charge in [-0.05, 0) is 28.2 Å². The Balaban J connectivity index is 1.45. The lowest BCUT2D eigenvalue weighted by atomic mass is 9.98. The van der Waals surface area contributed by atoms with Gasteiger partial charge in [-0.25, -0.2) is 9.59 Å². The molecule has 35 heavy (non-hydrogen) atoms. The summed E-state index contributed by atoms with van der Waals surface area (Å²) in [4.78, 5) is 42.1. The third-order valence-corrected chi connectivity index (χ3v) is 6.87. The minimum absolute atomic E-state index is 0.110. The quantitative estimate of drug-likeness (QED) is 0.417. The molecular weight excluding hydrogens is 466 g/mol. The van der Waals surface area contributed by atoms with E-state index in [0.717, 1.165) is 27.1 Å². The van der Waals surface area contributed by atoms with Gasteiger partial charge in [-0.2, -0.15) is 0 Å². The first kappa shape index (κ1) is 24.4. The molecule has 0 saturated carbocycles. The molecule has 0 fully saturated rings. The van der Waals surface area contributed by atoms with Crippen LogP contribution in [0.4, 0.5) is 4.79 Å². The number of hydrogen-bond donors (Lipinski definition) is 3. The van der Waals surface area contributed by atoms with Crippen LogP contribution >= 0.6 is 11.3 Å². The number of nitrogens with zero attached hydrogens (tertiary/aromatic N) is 1. The highest BCUT2D eigenvalue weighted by Crippen LogP contribution is 2.44. The lowest BCUT2D eigenvalue weighted by Crippen LogP contribution is -2.54. The molecule has 1 unspecified atom stereocenters. The third kappa shape index (κ3) is 5.51. The number of rotatable bonds is 9. The van der Waals surface area contributed by atoms with Gasteiger partial charge >= 0.3 is 12.1 Å². The lowest BCUT2D eigenvalue weighted by molar-refractivity contribution is -0.143. The van der Waals surface area contributed by atoms with Crippen molar-refractivity contribution >= 4 is 29.3 Å².